The summed E-state index contributed by atoms with van der Waals surface area (Å²) in [4.78, 5) is 0. The molecule has 2 N–H and O–H groups in total. The first-order valence-electron chi connectivity index (χ1n) is 6.48. The fourth-order valence-electron chi connectivity index (χ4n) is 2.10. The molecule has 0 aliphatic heterocycles. The minimum absolute atomic E-state index is 0.234. The number of ether oxygens (including phenoxy) is 1. The molecule has 0 amide bonds. The van der Waals surface area contributed by atoms with Crippen LogP contribution in [0.25, 0.3) is 0 Å². The highest BCUT2D eigenvalue weighted by Crippen LogP contribution is 2.17. The van der Waals surface area contributed by atoms with E-state index in [1.807, 2.05) is 26.0 Å². The van der Waals surface area contributed by atoms with Crippen molar-refractivity contribution >= 4 is 0 Å². The lowest BCUT2D eigenvalue weighted by Crippen LogP contribution is -2.19. The Hall–Kier alpha value is -1.02. The summed E-state index contributed by atoms with van der Waals surface area (Å²) in [6.45, 7) is 8.40. The van der Waals surface area contributed by atoms with Crippen LogP contribution in [-0.4, -0.2) is 12.1 Å². The highest BCUT2D eigenvalue weighted by Gasteiger charge is 2.06. The Labute approximate surface area is 105 Å². The average Bonchev–Trinajstić information content (AvgIpc) is 2.18. The Bertz CT molecular complexity index is 316. The van der Waals surface area contributed by atoms with Crippen LogP contribution in [0.2, 0.25) is 0 Å². The lowest BCUT2D eigenvalue weighted by molar-refractivity contribution is 0.242. The number of nitrogens with two attached hydrogens (primary N) is 1. The summed E-state index contributed by atoms with van der Waals surface area (Å²) in [5, 5.41) is 0. The molecule has 2 atom stereocenters. The van der Waals surface area contributed by atoms with Gasteiger partial charge >= 0.3 is 0 Å². The molecular formula is C15H25NO. The highest BCUT2D eigenvalue weighted by atomic mass is 16.5. The summed E-state index contributed by atoms with van der Waals surface area (Å²) < 4.78 is 5.62. The van der Waals surface area contributed by atoms with E-state index in [4.69, 9.17) is 10.5 Å². The smallest absolute Gasteiger partial charge is 0.119 e. The molecule has 0 aromatic heterocycles. The number of rotatable bonds is 6. The maximum atomic E-state index is 5.81. The zero-order valence-corrected chi connectivity index (χ0v) is 11.4. The van der Waals surface area contributed by atoms with Crippen LogP contribution >= 0.6 is 0 Å². The molecule has 1 aromatic carbocycles. The van der Waals surface area contributed by atoms with Crippen molar-refractivity contribution in [2.45, 2.75) is 52.7 Å². The topological polar surface area (TPSA) is 35.2 Å². The van der Waals surface area contributed by atoms with Crippen molar-refractivity contribution in [1.82, 2.24) is 0 Å². The molecule has 0 fully saturated rings. The van der Waals surface area contributed by atoms with Crippen LogP contribution in [-0.2, 0) is 6.42 Å². The number of hydrogen-bond donors (Lipinski definition) is 1. The second-order valence-corrected chi connectivity index (χ2v) is 5.33. The number of benzene rings is 1. The van der Waals surface area contributed by atoms with Crippen LogP contribution in [0.1, 0.15) is 39.7 Å². The molecule has 0 saturated heterocycles. The third kappa shape index (κ3) is 5.73. The molecule has 1 rings (SSSR count). The van der Waals surface area contributed by atoms with Gasteiger partial charge in [-0.25, -0.2) is 0 Å². The molecule has 2 heteroatoms. The van der Waals surface area contributed by atoms with E-state index < -0.39 is 0 Å². The molecule has 2 nitrogen and oxygen atoms in total. The molecule has 0 saturated carbocycles. The van der Waals surface area contributed by atoms with Crippen LogP contribution in [0.3, 0.4) is 0 Å². The van der Waals surface area contributed by atoms with E-state index in [1.165, 1.54) is 5.56 Å². The minimum atomic E-state index is 0.234. The molecule has 1 aromatic rings. The normalized spacial score (nSPS) is 14.7. The predicted octanol–water partition coefficient (Wildman–Crippen LogP) is 3.39. The van der Waals surface area contributed by atoms with Crippen molar-refractivity contribution in [1.29, 1.82) is 0 Å². The summed E-state index contributed by atoms with van der Waals surface area (Å²) in [5.74, 6) is 1.58. The minimum Gasteiger partial charge on any atom is -0.491 e. The third-order valence-electron chi connectivity index (χ3n) is 2.65. The first-order chi connectivity index (χ1) is 7.97. The number of hydrogen-bond acceptors (Lipinski definition) is 2. The first-order valence-corrected chi connectivity index (χ1v) is 6.48. The van der Waals surface area contributed by atoms with Gasteiger partial charge in [0.2, 0.25) is 0 Å². The summed E-state index contributed by atoms with van der Waals surface area (Å²) in [7, 11) is 0. The van der Waals surface area contributed by atoms with E-state index in [2.05, 4.69) is 26.0 Å². The van der Waals surface area contributed by atoms with Crippen molar-refractivity contribution in [3.05, 3.63) is 29.8 Å². The molecule has 0 heterocycles. The van der Waals surface area contributed by atoms with Crippen molar-refractivity contribution in [3.63, 3.8) is 0 Å². The summed E-state index contributed by atoms with van der Waals surface area (Å²) >= 11 is 0. The van der Waals surface area contributed by atoms with Crippen LogP contribution < -0.4 is 10.5 Å². The van der Waals surface area contributed by atoms with E-state index in [1.54, 1.807) is 0 Å². The van der Waals surface area contributed by atoms with Gasteiger partial charge in [0.05, 0.1) is 6.10 Å². The lowest BCUT2D eigenvalue weighted by Gasteiger charge is -2.14. The fourth-order valence-corrected chi connectivity index (χ4v) is 2.10. The largest absolute Gasteiger partial charge is 0.491 e. The third-order valence-corrected chi connectivity index (χ3v) is 2.65. The lowest BCUT2D eigenvalue weighted by atomic mass is 9.95. The second kappa shape index (κ2) is 6.65. The molecule has 2 unspecified atom stereocenters. The predicted molar refractivity (Wildman–Crippen MR) is 73.3 cm³/mol. The van der Waals surface area contributed by atoms with Gasteiger partial charge in [0.25, 0.3) is 0 Å². The second-order valence-electron chi connectivity index (χ2n) is 5.33. The van der Waals surface area contributed by atoms with Gasteiger partial charge in [-0.15, -0.1) is 0 Å². The molecule has 17 heavy (non-hydrogen) atoms. The van der Waals surface area contributed by atoms with Gasteiger partial charge < -0.3 is 10.5 Å². The van der Waals surface area contributed by atoms with Gasteiger partial charge in [-0.1, -0.05) is 19.1 Å². The standard InChI is InChI=1S/C15H25NO/c1-11(2)17-15-7-5-14(6-8-15)10-12(3)9-13(4)16/h5-8,11-13H,9-10,16H2,1-4H3. The molecule has 96 valence electrons. The Morgan fingerprint density at radius 1 is 1.06 bits per heavy atom. The molecule has 0 radical (unpaired) electrons. The Morgan fingerprint density at radius 3 is 2.12 bits per heavy atom. The summed E-state index contributed by atoms with van der Waals surface area (Å²) in [6, 6.07) is 8.68. The van der Waals surface area contributed by atoms with Crippen molar-refractivity contribution in [2.75, 3.05) is 0 Å². The van der Waals surface area contributed by atoms with Gasteiger partial charge in [-0.3, -0.25) is 0 Å². The van der Waals surface area contributed by atoms with Crippen LogP contribution in [0, 0.1) is 5.92 Å². The van der Waals surface area contributed by atoms with Crippen LogP contribution in [0.5, 0.6) is 5.75 Å². The fraction of sp³-hybridized carbons (Fsp3) is 0.600. The van der Waals surface area contributed by atoms with Gasteiger partial charge in [-0.2, -0.15) is 0 Å². The van der Waals surface area contributed by atoms with Crippen molar-refractivity contribution < 1.29 is 4.74 Å². The maximum absolute atomic E-state index is 5.81. The van der Waals surface area contributed by atoms with Crippen LogP contribution in [0.4, 0.5) is 0 Å². The van der Waals surface area contributed by atoms with E-state index >= 15 is 0 Å². The Balaban J connectivity index is 2.50. The maximum Gasteiger partial charge on any atom is 0.119 e. The van der Waals surface area contributed by atoms with Crippen LogP contribution in [0.15, 0.2) is 24.3 Å². The molecular weight excluding hydrogens is 210 g/mol. The summed E-state index contributed by atoms with van der Waals surface area (Å²) in [6.07, 6.45) is 2.39. The quantitative estimate of drug-likeness (QED) is 0.820. The first kappa shape index (κ1) is 14.0. The molecule has 0 aliphatic carbocycles. The zero-order chi connectivity index (χ0) is 12.8. The molecule has 0 bridgehead atoms. The molecule has 0 spiro atoms. The Kier molecular flexibility index (Phi) is 5.49. The Morgan fingerprint density at radius 2 is 1.65 bits per heavy atom. The SMILES string of the molecule is CC(N)CC(C)Cc1ccc(OC(C)C)cc1. The average molecular weight is 235 g/mol. The van der Waals surface area contributed by atoms with E-state index in [-0.39, 0.29) is 12.1 Å². The van der Waals surface area contributed by atoms with Gasteiger partial charge in [0.15, 0.2) is 0 Å². The monoisotopic (exact) mass is 235 g/mol. The van der Waals surface area contributed by atoms with Crippen molar-refractivity contribution in [3.8, 4) is 5.75 Å². The summed E-state index contributed by atoms with van der Waals surface area (Å²) in [5.41, 5.74) is 7.16. The van der Waals surface area contributed by atoms with Gasteiger partial charge in [-0.05, 0) is 57.2 Å². The van der Waals surface area contributed by atoms with Gasteiger partial charge in [0.1, 0.15) is 5.75 Å². The zero-order valence-electron chi connectivity index (χ0n) is 11.4. The highest BCUT2D eigenvalue weighted by molar-refractivity contribution is 5.27. The van der Waals surface area contributed by atoms with Crippen molar-refractivity contribution in [2.24, 2.45) is 11.7 Å². The molecule has 0 aliphatic rings. The van der Waals surface area contributed by atoms with E-state index in [0.29, 0.717) is 5.92 Å². The van der Waals surface area contributed by atoms with E-state index in [0.717, 1.165) is 18.6 Å². The van der Waals surface area contributed by atoms with Gasteiger partial charge in [0, 0.05) is 6.04 Å². The van der Waals surface area contributed by atoms with E-state index in [9.17, 15) is 0 Å².